The molecule has 1 fully saturated rings. The van der Waals surface area contributed by atoms with Gasteiger partial charge in [0.15, 0.2) is 0 Å². The maximum absolute atomic E-state index is 12.2. The summed E-state index contributed by atoms with van der Waals surface area (Å²) in [5, 5.41) is 0. The molecule has 5 nitrogen and oxygen atoms in total. The molecule has 2 rings (SSSR count). The van der Waals surface area contributed by atoms with Crippen molar-refractivity contribution in [3.63, 3.8) is 0 Å². The minimum atomic E-state index is 0.0803. The zero-order valence-corrected chi connectivity index (χ0v) is 12.5. The predicted molar refractivity (Wildman–Crippen MR) is 80.0 cm³/mol. The molecule has 0 aromatic heterocycles. The summed E-state index contributed by atoms with van der Waals surface area (Å²) in [5.41, 5.74) is 0. The molecule has 1 aromatic rings. The molecule has 21 heavy (non-hydrogen) atoms. The van der Waals surface area contributed by atoms with Crippen molar-refractivity contribution < 1.29 is 14.3 Å². The number of amides is 2. The van der Waals surface area contributed by atoms with Gasteiger partial charge in [-0.15, -0.1) is 0 Å². The lowest BCUT2D eigenvalue weighted by molar-refractivity contribution is -0.133. The van der Waals surface area contributed by atoms with E-state index in [1.165, 1.54) is 0 Å². The fourth-order valence-corrected chi connectivity index (χ4v) is 2.41. The van der Waals surface area contributed by atoms with Crippen LogP contribution in [0.15, 0.2) is 30.3 Å². The first-order valence-electron chi connectivity index (χ1n) is 7.38. The second kappa shape index (κ2) is 7.67. The van der Waals surface area contributed by atoms with Crippen LogP contribution in [0.25, 0.3) is 0 Å². The highest BCUT2D eigenvalue weighted by Crippen LogP contribution is 2.10. The molecular weight excluding hydrogens is 268 g/mol. The van der Waals surface area contributed by atoms with Gasteiger partial charge in [0, 0.05) is 33.1 Å². The summed E-state index contributed by atoms with van der Waals surface area (Å²) in [6, 6.07) is 9.49. The van der Waals surface area contributed by atoms with Gasteiger partial charge in [-0.05, 0) is 18.6 Å². The summed E-state index contributed by atoms with van der Waals surface area (Å²) in [6.07, 6.45) is 1.21. The maximum atomic E-state index is 12.2. The SMILES string of the molecule is CC(=O)N1CCCN(C(=O)CCOc2ccccc2)CC1. The Bertz CT molecular complexity index is 476. The number of benzene rings is 1. The lowest BCUT2D eigenvalue weighted by Crippen LogP contribution is -2.37. The van der Waals surface area contributed by atoms with E-state index in [1.54, 1.807) is 11.8 Å². The summed E-state index contributed by atoms with van der Waals surface area (Å²) in [6.45, 7) is 4.65. The number of rotatable bonds is 4. The van der Waals surface area contributed by atoms with E-state index in [2.05, 4.69) is 0 Å². The van der Waals surface area contributed by atoms with Gasteiger partial charge in [-0.3, -0.25) is 9.59 Å². The third-order valence-corrected chi connectivity index (χ3v) is 3.62. The first-order valence-corrected chi connectivity index (χ1v) is 7.38. The molecule has 1 aliphatic heterocycles. The molecule has 114 valence electrons. The second-order valence-electron chi connectivity index (χ2n) is 5.15. The summed E-state index contributed by atoms with van der Waals surface area (Å²) in [4.78, 5) is 27.1. The van der Waals surface area contributed by atoms with Gasteiger partial charge in [0.05, 0.1) is 13.0 Å². The van der Waals surface area contributed by atoms with Crippen LogP contribution >= 0.6 is 0 Å². The first kappa shape index (κ1) is 15.4. The van der Waals surface area contributed by atoms with Crippen LogP contribution in [0.5, 0.6) is 5.75 Å². The van der Waals surface area contributed by atoms with E-state index >= 15 is 0 Å². The topological polar surface area (TPSA) is 49.9 Å². The van der Waals surface area contributed by atoms with E-state index in [4.69, 9.17) is 4.74 Å². The summed E-state index contributed by atoms with van der Waals surface area (Å²) in [5.74, 6) is 0.956. The summed E-state index contributed by atoms with van der Waals surface area (Å²) < 4.78 is 5.55. The second-order valence-corrected chi connectivity index (χ2v) is 5.15. The van der Waals surface area contributed by atoms with Gasteiger partial charge in [-0.25, -0.2) is 0 Å². The van der Waals surface area contributed by atoms with Crippen molar-refractivity contribution in [1.82, 2.24) is 9.80 Å². The van der Waals surface area contributed by atoms with Crippen LogP contribution in [0.2, 0.25) is 0 Å². The van der Waals surface area contributed by atoms with Crippen molar-refractivity contribution in [3.8, 4) is 5.75 Å². The maximum Gasteiger partial charge on any atom is 0.226 e. The fraction of sp³-hybridized carbons (Fsp3) is 0.500. The van der Waals surface area contributed by atoms with Gasteiger partial charge in [-0.1, -0.05) is 18.2 Å². The molecule has 0 saturated carbocycles. The van der Waals surface area contributed by atoms with Crippen LogP contribution in [0.4, 0.5) is 0 Å². The standard InChI is InChI=1S/C16H22N2O3/c1-14(19)17-9-5-10-18(12-11-17)16(20)8-13-21-15-6-3-2-4-7-15/h2-4,6-7H,5,8-13H2,1H3. The van der Waals surface area contributed by atoms with Crippen molar-refractivity contribution in [2.45, 2.75) is 19.8 Å². The number of para-hydroxylation sites is 1. The number of hydrogen-bond acceptors (Lipinski definition) is 3. The van der Waals surface area contributed by atoms with Crippen LogP contribution in [0, 0.1) is 0 Å². The van der Waals surface area contributed by atoms with Gasteiger partial charge in [0.1, 0.15) is 5.75 Å². The first-order chi connectivity index (χ1) is 10.2. The number of carbonyl (C=O) groups excluding carboxylic acids is 2. The molecule has 0 unspecified atom stereocenters. The monoisotopic (exact) mass is 290 g/mol. The van der Waals surface area contributed by atoms with Crippen molar-refractivity contribution >= 4 is 11.8 Å². The molecule has 1 aromatic carbocycles. The Kier molecular flexibility index (Phi) is 5.60. The molecule has 0 atom stereocenters. The Labute approximate surface area is 125 Å². The smallest absolute Gasteiger partial charge is 0.226 e. The van der Waals surface area contributed by atoms with E-state index in [-0.39, 0.29) is 11.8 Å². The normalized spacial score (nSPS) is 15.5. The van der Waals surface area contributed by atoms with E-state index < -0.39 is 0 Å². The molecule has 0 aliphatic carbocycles. The van der Waals surface area contributed by atoms with Gasteiger partial charge in [0.25, 0.3) is 0 Å². The Balaban J connectivity index is 1.74. The number of hydrogen-bond donors (Lipinski definition) is 0. The molecule has 2 amide bonds. The predicted octanol–water partition coefficient (Wildman–Crippen LogP) is 1.54. The Morgan fingerprint density at radius 2 is 1.71 bits per heavy atom. The molecule has 5 heteroatoms. The summed E-state index contributed by atoms with van der Waals surface area (Å²) in [7, 11) is 0. The Morgan fingerprint density at radius 1 is 1.05 bits per heavy atom. The minimum absolute atomic E-state index is 0.0803. The Hall–Kier alpha value is -2.04. The summed E-state index contributed by atoms with van der Waals surface area (Å²) >= 11 is 0. The minimum Gasteiger partial charge on any atom is -0.493 e. The van der Waals surface area contributed by atoms with Crippen LogP contribution in [0.1, 0.15) is 19.8 Å². The fourth-order valence-electron chi connectivity index (χ4n) is 2.41. The lowest BCUT2D eigenvalue weighted by atomic mass is 10.3. The molecule has 1 saturated heterocycles. The highest BCUT2D eigenvalue weighted by molar-refractivity contribution is 5.77. The largest absolute Gasteiger partial charge is 0.493 e. The molecule has 0 radical (unpaired) electrons. The molecule has 1 aliphatic rings. The van der Waals surface area contributed by atoms with Crippen molar-refractivity contribution in [3.05, 3.63) is 30.3 Å². The lowest BCUT2D eigenvalue weighted by Gasteiger charge is -2.21. The van der Waals surface area contributed by atoms with Crippen LogP contribution in [-0.4, -0.2) is 54.4 Å². The number of carbonyl (C=O) groups is 2. The van der Waals surface area contributed by atoms with Crippen molar-refractivity contribution in [2.75, 3.05) is 32.8 Å². The molecule has 0 spiro atoms. The average molecular weight is 290 g/mol. The number of nitrogens with zero attached hydrogens (tertiary/aromatic N) is 2. The van der Waals surface area contributed by atoms with Crippen molar-refractivity contribution in [2.24, 2.45) is 0 Å². The zero-order chi connectivity index (χ0) is 15.1. The van der Waals surface area contributed by atoms with Crippen molar-refractivity contribution in [1.29, 1.82) is 0 Å². The third-order valence-electron chi connectivity index (χ3n) is 3.62. The van der Waals surface area contributed by atoms with E-state index in [0.717, 1.165) is 18.7 Å². The molecular formula is C16H22N2O3. The van der Waals surface area contributed by atoms with E-state index in [1.807, 2.05) is 35.2 Å². The molecule has 0 bridgehead atoms. The van der Waals surface area contributed by atoms with E-state index in [0.29, 0.717) is 32.7 Å². The molecule has 1 heterocycles. The van der Waals surface area contributed by atoms with E-state index in [9.17, 15) is 9.59 Å². The zero-order valence-electron chi connectivity index (χ0n) is 12.5. The van der Waals surface area contributed by atoms with Gasteiger partial charge in [0.2, 0.25) is 11.8 Å². The number of ether oxygens (including phenoxy) is 1. The molecule has 0 N–H and O–H groups in total. The quantitative estimate of drug-likeness (QED) is 0.845. The Morgan fingerprint density at radius 3 is 2.43 bits per heavy atom. The van der Waals surface area contributed by atoms with Crippen LogP contribution < -0.4 is 4.74 Å². The van der Waals surface area contributed by atoms with Gasteiger partial charge in [-0.2, -0.15) is 0 Å². The highest BCUT2D eigenvalue weighted by Gasteiger charge is 2.19. The van der Waals surface area contributed by atoms with Crippen LogP contribution in [0.3, 0.4) is 0 Å². The van der Waals surface area contributed by atoms with Gasteiger partial charge < -0.3 is 14.5 Å². The third kappa shape index (κ3) is 4.77. The van der Waals surface area contributed by atoms with Crippen LogP contribution in [-0.2, 0) is 9.59 Å². The highest BCUT2D eigenvalue weighted by atomic mass is 16.5. The van der Waals surface area contributed by atoms with Gasteiger partial charge >= 0.3 is 0 Å². The average Bonchev–Trinajstić information content (AvgIpc) is 2.74.